The molecule has 0 aliphatic rings. The number of aromatic amines is 1. The van der Waals surface area contributed by atoms with Crippen molar-refractivity contribution in [1.29, 1.82) is 0 Å². The van der Waals surface area contributed by atoms with Crippen molar-refractivity contribution in [3.05, 3.63) is 88.2 Å². The predicted molar refractivity (Wildman–Crippen MR) is 254 cm³/mol. The molecule has 25 heteroatoms. The summed E-state index contributed by atoms with van der Waals surface area (Å²) in [6.45, 7) is -2.36. The van der Waals surface area contributed by atoms with Gasteiger partial charge in [0.2, 0.25) is 5.91 Å². The summed E-state index contributed by atoms with van der Waals surface area (Å²) in [5.74, 6) is -0.876. The standard InChI is InChI=1S/C45H67ClN12O12/c46-35-21-51-37(38(52-35)44(49)70)43(48)50-18-4-2-5-26-7-12-28(13-8-26)29-14-9-27(10-15-29)11-16-36(65)58(30(6-1-3-17-47)45-53-55-56-54-45)20-19-57(22-31(61)39(66)41(68)33(63)24-59)23-32(62)40(67)42(69)34(64)25-60/h7-10,12-15,21,30-34,39-42,59-64,66-69H,1-6,11,16-20,22-25,47H2,(H2,48,50)(H2,49,70)(H,53,54,55,56)/t30-,31-,32-,33+,34+,39+,40+,41+,42+/m0/s1. The Morgan fingerprint density at radius 3 is 1.79 bits per heavy atom. The second-order valence-electron chi connectivity index (χ2n) is 16.9. The Balaban J connectivity index is 1.44. The number of aromatic nitrogens is 6. The van der Waals surface area contributed by atoms with Gasteiger partial charge in [-0.15, -0.1) is 10.2 Å². The van der Waals surface area contributed by atoms with Gasteiger partial charge in [0, 0.05) is 39.1 Å². The second-order valence-corrected chi connectivity index (χ2v) is 17.3. The van der Waals surface area contributed by atoms with Gasteiger partial charge in [0.15, 0.2) is 11.5 Å². The number of primary amides is 1. The van der Waals surface area contributed by atoms with Crippen LogP contribution < -0.4 is 17.2 Å². The molecular formula is C45H67ClN12O12. The number of nitrogens with one attached hydrogen (secondary N) is 1. The first-order valence-electron chi connectivity index (χ1n) is 22.9. The molecule has 2 amide bonds. The number of tetrazole rings is 1. The number of rotatable bonds is 32. The minimum absolute atomic E-state index is 0.0146. The summed E-state index contributed by atoms with van der Waals surface area (Å²) in [4.78, 5) is 41.2. The van der Waals surface area contributed by atoms with Crippen LogP contribution in [0.25, 0.3) is 11.1 Å². The number of aryl methyl sites for hydroxylation is 2. The number of carbonyl (C=O) groups is 2. The average molecular weight is 1000 g/mol. The predicted octanol–water partition coefficient (Wildman–Crippen LogP) is -3.06. The van der Waals surface area contributed by atoms with E-state index < -0.39 is 87.1 Å². The van der Waals surface area contributed by atoms with Gasteiger partial charge in [-0.2, -0.15) is 5.21 Å². The third kappa shape index (κ3) is 17.3. The molecule has 24 nitrogen and oxygen atoms in total. The number of hydrogen-bond acceptors (Lipinski definition) is 20. The highest BCUT2D eigenvalue weighted by Crippen LogP contribution is 2.26. The van der Waals surface area contributed by atoms with E-state index in [1.807, 2.05) is 48.5 Å². The fourth-order valence-electron chi connectivity index (χ4n) is 7.61. The lowest BCUT2D eigenvalue weighted by Gasteiger charge is -2.36. The zero-order valence-corrected chi connectivity index (χ0v) is 39.4. The zero-order valence-electron chi connectivity index (χ0n) is 38.7. The maximum absolute atomic E-state index is 14.3. The molecule has 70 heavy (non-hydrogen) atoms. The normalized spacial score (nSPS) is 16.0. The van der Waals surface area contributed by atoms with Gasteiger partial charge in [-0.1, -0.05) is 65.3 Å². The molecule has 0 bridgehead atoms. The van der Waals surface area contributed by atoms with Crippen LogP contribution in [0.15, 0.2) is 59.7 Å². The Labute approximate surface area is 409 Å². The Morgan fingerprint density at radius 2 is 1.27 bits per heavy atom. The van der Waals surface area contributed by atoms with Crippen molar-refractivity contribution in [2.45, 2.75) is 106 Å². The van der Waals surface area contributed by atoms with E-state index in [1.54, 1.807) is 0 Å². The van der Waals surface area contributed by atoms with Crippen LogP contribution in [0.5, 0.6) is 0 Å². The lowest BCUT2D eigenvalue weighted by Crippen LogP contribution is -2.54. The fourth-order valence-corrected chi connectivity index (χ4v) is 7.75. The van der Waals surface area contributed by atoms with Crippen molar-refractivity contribution in [2.75, 3.05) is 52.5 Å². The Morgan fingerprint density at radius 1 is 0.714 bits per heavy atom. The highest BCUT2D eigenvalue weighted by molar-refractivity contribution is 6.29. The number of halogens is 1. The number of amidine groups is 1. The number of benzene rings is 2. The van der Waals surface area contributed by atoms with Crippen LogP contribution >= 0.6 is 11.6 Å². The van der Waals surface area contributed by atoms with E-state index in [9.17, 15) is 60.7 Å². The van der Waals surface area contributed by atoms with Crippen LogP contribution in [0, 0.1) is 0 Å². The Hall–Kier alpha value is -5.19. The number of aliphatic imine (C=N–C) groups is 1. The van der Waals surface area contributed by atoms with Crippen LogP contribution in [0.2, 0.25) is 5.15 Å². The third-order valence-electron chi connectivity index (χ3n) is 11.7. The SMILES string of the molecule is NCCCC[C@@H](c1nn[nH]n1)N(CCN(C[C@H](O)[C@@H](O)[C@H](O)[C@H](O)CO)C[C@H](O)[C@@H](O)[C@H](O)[C@H](O)CO)C(=O)CCc1ccc(-c2ccc(CCCCN=C(N)c3ncc(Cl)nc3C(N)=O)cc2)cc1. The summed E-state index contributed by atoms with van der Waals surface area (Å²) in [6, 6.07) is 15.2. The Kier molecular flexibility index (Phi) is 24.0. The minimum atomic E-state index is -1.99. The smallest absolute Gasteiger partial charge is 0.269 e. The molecule has 0 aliphatic heterocycles. The topological polar surface area (TPSA) is 414 Å². The number of amides is 2. The van der Waals surface area contributed by atoms with Gasteiger partial charge in [-0.05, 0) is 73.7 Å². The van der Waals surface area contributed by atoms with Crippen LogP contribution in [0.1, 0.15) is 77.7 Å². The number of hydrogen-bond donors (Lipinski definition) is 14. The second kappa shape index (κ2) is 29.2. The van der Waals surface area contributed by atoms with Crippen LogP contribution in [-0.2, 0) is 17.6 Å². The highest BCUT2D eigenvalue weighted by Gasteiger charge is 2.35. The zero-order chi connectivity index (χ0) is 51.3. The van der Waals surface area contributed by atoms with E-state index in [1.165, 1.54) is 16.0 Å². The molecule has 0 radical (unpaired) electrons. The molecule has 0 saturated heterocycles. The van der Waals surface area contributed by atoms with Crippen molar-refractivity contribution in [3.63, 3.8) is 0 Å². The summed E-state index contributed by atoms with van der Waals surface area (Å²) in [5, 5.41) is 116. The summed E-state index contributed by atoms with van der Waals surface area (Å²) >= 11 is 5.83. The largest absolute Gasteiger partial charge is 0.394 e. The first-order chi connectivity index (χ1) is 33.5. The number of unbranched alkanes of at least 4 members (excludes halogenated alkanes) is 2. The van der Waals surface area contributed by atoms with Gasteiger partial charge in [0.05, 0.1) is 37.7 Å². The number of aliphatic hydroxyl groups is 10. The Bertz CT molecular complexity index is 2170. The van der Waals surface area contributed by atoms with E-state index in [4.69, 9.17) is 28.8 Å². The number of nitrogens with two attached hydrogens (primary N) is 3. The molecule has 2 aromatic carbocycles. The first-order valence-corrected chi connectivity index (χ1v) is 23.3. The van der Waals surface area contributed by atoms with Gasteiger partial charge in [0.25, 0.3) is 5.91 Å². The number of carbonyl (C=O) groups excluding carboxylic acids is 2. The molecule has 386 valence electrons. The molecule has 2 aromatic heterocycles. The number of nitrogens with zero attached hydrogens (tertiary/aromatic N) is 8. The third-order valence-corrected chi connectivity index (χ3v) is 11.9. The van der Waals surface area contributed by atoms with Crippen LogP contribution in [0.4, 0.5) is 0 Å². The molecule has 9 atom stereocenters. The van der Waals surface area contributed by atoms with Crippen molar-refractivity contribution in [1.82, 2.24) is 40.4 Å². The van der Waals surface area contributed by atoms with E-state index in [0.717, 1.165) is 41.5 Å². The summed E-state index contributed by atoms with van der Waals surface area (Å²) < 4.78 is 0. The monoisotopic (exact) mass is 1000 g/mol. The lowest BCUT2D eigenvalue weighted by atomic mass is 9.99. The molecule has 0 unspecified atom stereocenters. The number of aliphatic hydroxyl groups excluding tert-OH is 10. The van der Waals surface area contributed by atoms with Crippen molar-refractivity contribution in [3.8, 4) is 11.1 Å². The van der Waals surface area contributed by atoms with Gasteiger partial charge < -0.3 is 73.2 Å². The highest BCUT2D eigenvalue weighted by atomic mass is 35.5. The maximum atomic E-state index is 14.3. The van der Waals surface area contributed by atoms with Gasteiger partial charge in [-0.3, -0.25) is 19.5 Å². The molecule has 0 fully saturated rings. The quantitative estimate of drug-likeness (QED) is 0.0131. The first kappa shape index (κ1) is 57.4. The molecule has 4 rings (SSSR count). The summed E-state index contributed by atoms with van der Waals surface area (Å²) in [6.07, 6.45) is -9.61. The van der Waals surface area contributed by atoms with Gasteiger partial charge in [0.1, 0.15) is 53.3 Å². The van der Waals surface area contributed by atoms with E-state index in [-0.39, 0.29) is 53.6 Å². The number of H-pyrrole nitrogens is 1. The van der Waals surface area contributed by atoms with Crippen LogP contribution in [0.3, 0.4) is 0 Å². The van der Waals surface area contributed by atoms with Gasteiger partial charge >= 0.3 is 0 Å². The summed E-state index contributed by atoms with van der Waals surface area (Å²) in [5.41, 5.74) is 21.1. The molecule has 2 heterocycles. The fraction of sp³-hybridized carbons (Fsp3) is 0.556. The van der Waals surface area contributed by atoms with E-state index >= 15 is 0 Å². The van der Waals surface area contributed by atoms with Crippen molar-refractivity contribution >= 4 is 29.3 Å². The van der Waals surface area contributed by atoms with Crippen molar-refractivity contribution < 1.29 is 60.7 Å². The molecule has 17 N–H and O–H groups in total. The van der Waals surface area contributed by atoms with Crippen LogP contribution in [-0.4, -0.2) is 210 Å². The maximum Gasteiger partial charge on any atom is 0.269 e. The molecule has 0 spiro atoms. The van der Waals surface area contributed by atoms with E-state index in [0.29, 0.717) is 38.8 Å². The van der Waals surface area contributed by atoms with E-state index in [2.05, 4.69) is 35.6 Å². The van der Waals surface area contributed by atoms with Gasteiger partial charge in [-0.25, -0.2) is 9.97 Å². The molecular weight excluding hydrogens is 936 g/mol. The lowest BCUT2D eigenvalue weighted by molar-refractivity contribution is -0.136. The molecule has 0 saturated carbocycles. The summed E-state index contributed by atoms with van der Waals surface area (Å²) in [7, 11) is 0. The molecule has 4 aromatic rings. The average Bonchev–Trinajstić information content (AvgIpc) is 3.91. The molecule has 0 aliphatic carbocycles. The minimum Gasteiger partial charge on any atom is -0.394 e. The van der Waals surface area contributed by atoms with Crippen molar-refractivity contribution in [2.24, 2.45) is 22.2 Å².